The van der Waals surface area contributed by atoms with Crippen LogP contribution >= 0.6 is 11.8 Å². The number of hydrogen-bond acceptors (Lipinski definition) is 5. The minimum absolute atomic E-state index is 0.0229. The van der Waals surface area contributed by atoms with Gasteiger partial charge in [0.15, 0.2) is 0 Å². The Hall–Kier alpha value is -2.72. The van der Waals surface area contributed by atoms with Crippen LogP contribution in [0.5, 0.6) is 0 Å². The Balaban J connectivity index is 1.28. The first kappa shape index (κ1) is 24.4. The van der Waals surface area contributed by atoms with Crippen LogP contribution < -0.4 is 10.2 Å². The second-order valence-electron chi connectivity index (χ2n) is 8.34. The summed E-state index contributed by atoms with van der Waals surface area (Å²) in [7, 11) is 0. The van der Waals surface area contributed by atoms with Gasteiger partial charge in [0.1, 0.15) is 0 Å². The summed E-state index contributed by atoms with van der Waals surface area (Å²) < 4.78 is 39.4. The number of para-hydroxylation sites is 2. The lowest BCUT2D eigenvalue weighted by Gasteiger charge is -2.36. The number of anilines is 2. The van der Waals surface area contributed by atoms with Gasteiger partial charge in [-0.25, -0.2) is 0 Å². The van der Waals surface area contributed by atoms with Gasteiger partial charge in [-0.05, 0) is 36.4 Å². The van der Waals surface area contributed by atoms with E-state index in [2.05, 4.69) is 22.3 Å². The summed E-state index contributed by atoms with van der Waals surface area (Å²) in [6.45, 7) is 3.07. The van der Waals surface area contributed by atoms with Crippen LogP contribution in [0.2, 0.25) is 0 Å². The molecule has 0 atom stereocenters. The Morgan fingerprint density at radius 2 is 1.62 bits per heavy atom. The average Bonchev–Trinajstić information content (AvgIpc) is 3.01. The van der Waals surface area contributed by atoms with Crippen molar-refractivity contribution in [3.8, 4) is 0 Å². The first-order valence-electron chi connectivity index (χ1n) is 11.2. The Bertz CT molecular complexity index is 1030. The van der Waals surface area contributed by atoms with Crippen molar-refractivity contribution in [2.75, 3.05) is 61.8 Å². The minimum atomic E-state index is -4.54. The van der Waals surface area contributed by atoms with Crippen molar-refractivity contribution in [3.05, 3.63) is 54.1 Å². The first-order valence-corrected chi connectivity index (χ1v) is 12.2. The van der Waals surface area contributed by atoms with Crippen LogP contribution in [0.15, 0.2) is 53.4 Å². The maximum absolute atomic E-state index is 13.1. The molecule has 2 aliphatic rings. The van der Waals surface area contributed by atoms with Crippen LogP contribution in [0.4, 0.5) is 24.5 Å². The van der Waals surface area contributed by atoms with Crippen molar-refractivity contribution in [1.29, 1.82) is 0 Å². The van der Waals surface area contributed by atoms with E-state index in [1.807, 2.05) is 28.8 Å². The van der Waals surface area contributed by atoms with E-state index in [1.54, 1.807) is 4.90 Å². The van der Waals surface area contributed by atoms with E-state index in [0.29, 0.717) is 32.7 Å². The van der Waals surface area contributed by atoms with Crippen molar-refractivity contribution >= 4 is 35.0 Å². The lowest BCUT2D eigenvalue weighted by atomic mass is 10.1. The van der Waals surface area contributed by atoms with E-state index in [9.17, 15) is 22.8 Å². The van der Waals surface area contributed by atoms with Gasteiger partial charge in [-0.15, -0.1) is 11.8 Å². The van der Waals surface area contributed by atoms with E-state index >= 15 is 0 Å². The molecule has 0 bridgehead atoms. The maximum atomic E-state index is 13.1. The summed E-state index contributed by atoms with van der Waals surface area (Å²) in [4.78, 5) is 32.3. The molecule has 0 radical (unpaired) electrons. The number of halogens is 3. The number of nitrogens with zero attached hydrogens (tertiary/aromatic N) is 3. The van der Waals surface area contributed by atoms with Crippen molar-refractivity contribution in [1.82, 2.24) is 9.80 Å². The molecule has 0 spiro atoms. The number of carbonyl (C=O) groups is 2. The minimum Gasteiger partial charge on any atom is -0.361 e. The fourth-order valence-corrected chi connectivity index (χ4v) is 5.23. The zero-order valence-electron chi connectivity index (χ0n) is 18.7. The van der Waals surface area contributed by atoms with Crippen LogP contribution in [0.25, 0.3) is 0 Å². The normalized spacial score (nSPS) is 17.1. The van der Waals surface area contributed by atoms with Crippen molar-refractivity contribution < 1.29 is 22.8 Å². The Morgan fingerprint density at radius 1 is 0.912 bits per heavy atom. The number of alkyl halides is 3. The maximum Gasteiger partial charge on any atom is 0.418 e. The highest BCUT2D eigenvalue weighted by molar-refractivity contribution is 7.99. The largest absolute Gasteiger partial charge is 0.418 e. The highest BCUT2D eigenvalue weighted by atomic mass is 32.2. The lowest BCUT2D eigenvalue weighted by Crippen LogP contribution is -2.52. The molecule has 6 nitrogen and oxygen atoms in total. The van der Waals surface area contributed by atoms with Crippen LogP contribution in [-0.4, -0.2) is 73.2 Å². The molecular weight excluding hydrogens is 465 g/mol. The molecule has 34 heavy (non-hydrogen) atoms. The third-order valence-corrected chi connectivity index (χ3v) is 7.11. The topological polar surface area (TPSA) is 55.9 Å². The summed E-state index contributed by atoms with van der Waals surface area (Å²) in [5, 5.41) is 2.38. The highest BCUT2D eigenvalue weighted by Crippen LogP contribution is 2.35. The summed E-state index contributed by atoms with van der Waals surface area (Å²) in [6.07, 6.45) is -3.53. The van der Waals surface area contributed by atoms with E-state index in [4.69, 9.17) is 0 Å². The monoisotopic (exact) mass is 492 g/mol. The summed E-state index contributed by atoms with van der Waals surface area (Å²) >= 11 is 1.81. The number of amides is 2. The fraction of sp³-hybridized carbons (Fsp3) is 0.417. The van der Waals surface area contributed by atoms with Gasteiger partial charge in [0.05, 0.1) is 30.0 Å². The third kappa shape index (κ3) is 6.04. The molecule has 1 saturated heterocycles. The van der Waals surface area contributed by atoms with Gasteiger partial charge in [-0.1, -0.05) is 24.3 Å². The summed E-state index contributed by atoms with van der Waals surface area (Å²) in [6, 6.07) is 13.1. The van der Waals surface area contributed by atoms with E-state index in [-0.39, 0.29) is 18.1 Å². The lowest BCUT2D eigenvalue weighted by molar-refractivity contribution is -0.137. The Kier molecular flexibility index (Phi) is 7.67. The van der Waals surface area contributed by atoms with Crippen LogP contribution in [-0.2, 0) is 15.8 Å². The van der Waals surface area contributed by atoms with E-state index in [1.165, 1.54) is 23.1 Å². The van der Waals surface area contributed by atoms with Gasteiger partial charge in [0, 0.05) is 37.6 Å². The number of fused-ring (bicyclic) bond motifs is 1. The smallest absolute Gasteiger partial charge is 0.361 e. The molecule has 2 aliphatic heterocycles. The van der Waals surface area contributed by atoms with Crippen molar-refractivity contribution in [3.63, 3.8) is 0 Å². The number of hydrogen-bond donors (Lipinski definition) is 1. The fourth-order valence-electron chi connectivity index (χ4n) is 4.21. The average molecular weight is 493 g/mol. The highest BCUT2D eigenvalue weighted by Gasteiger charge is 2.34. The molecular formula is C24H27F3N4O2S. The van der Waals surface area contributed by atoms with Gasteiger partial charge >= 0.3 is 6.18 Å². The second kappa shape index (κ2) is 10.7. The predicted octanol–water partition coefficient (Wildman–Crippen LogP) is 3.79. The third-order valence-electron chi connectivity index (χ3n) is 5.96. The Labute approximate surface area is 201 Å². The zero-order chi connectivity index (χ0) is 24.1. The number of carbonyl (C=O) groups excluding carboxylic acids is 2. The molecule has 2 aromatic rings. The van der Waals surface area contributed by atoms with Crippen LogP contribution in [0.3, 0.4) is 0 Å². The quantitative estimate of drug-likeness (QED) is 0.689. The van der Waals surface area contributed by atoms with Crippen molar-refractivity contribution in [2.24, 2.45) is 0 Å². The molecule has 0 aromatic heterocycles. The number of benzene rings is 2. The molecule has 2 aromatic carbocycles. The van der Waals surface area contributed by atoms with Gasteiger partial charge in [0.25, 0.3) is 0 Å². The molecule has 0 saturated carbocycles. The first-order chi connectivity index (χ1) is 16.3. The van der Waals surface area contributed by atoms with Gasteiger partial charge < -0.3 is 15.1 Å². The standard InChI is InChI=1S/C24H27F3N4O2S/c25-24(26,27)18-6-1-2-7-19(18)28-22(32)16-29-11-13-30(14-12-29)23(33)17-31-10-5-15-34-21-9-4-3-8-20(21)31/h1-4,6-9H,5,10-17H2,(H,28,32). The molecule has 1 N–H and O–H groups in total. The molecule has 2 amide bonds. The van der Waals surface area contributed by atoms with Gasteiger partial charge in [-0.2, -0.15) is 13.2 Å². The number of rotatable bonds is 5. The number of nitrogens with one attached hydrogen (secondary N) is 1. The second-order valence-corrected chi connectivity index (χ2v) is 9.48. The van der Waals surface area contributed by atoms with Gasteiger partial charge in [-0.3, -0.25) is 14.5 Å². The molecule has 0 unspecified atom stereocenters. The van der Waals surface area contributed by atoms with Crippen LogP contribution in [0.1, 0.15) is 12.0 Å². The molecule has 2 heterocycles. The molecule has 10 heteroatoms. The molecule has 182 valence electrons. The van der Waals surface area contributed by atoms with E-state index < -0.39 is 17.6 Å². The molecule has 4 rings (SSSR count). The Morgan fingerprint density at radius 3 is 2.38 bits per heavy atom. The zero-order valence-corrected chi connectivity index (χ0v) is 19.5. The molecule has 1 fully saturated rings. The van der Waals surface area contributed by atoms with Crippen LogP contribution in [0, 0.1) is 0 Å². The van der Waals surface area contributed by atoms with Crippen molar-refractivity contribution in [2.45, 2.75) is 17.5 Å². The SMILES string of the molecule is O=C(CN1CCN(C(=O)CN2CCCSc3ccccc32)CC1)Nc1ccccc1C(F)(F)F. The van der Waals surface area contributed by atoms with Gasteiger partial charge in [0.2, 0.25) is 11.8 Å². The summed E-state index contributed by atoms with van der Waals surface area (Å²) in [5.74, 6) is 0.565. The number of piperazine rings is 1. The van der Waals surface area contributed by atoms with E-state index in [0.717, 1.165) is 30.5 Å². The summed E-state index contributed by atoms with van der Waals surface area (Å²) in [5.41, 5.74) is -0.0234. The number of thioether (sulfide) groups is 1. The predicted molar refractivity (Wildman–Crippen MR) is 127 cm³/mol. The molecule has 0 aliphatic carbocycles.